The van der Waals surface area contributed by atoms with E-state index in [0.29, 0.717) is 52.8 Å². The average molecular weight is 457 g/mol. The number of sulfonamides is 1. The van der Waals surface area contributed by atoms with Gasteiger partial charge in [0.1, 0.15) is 0 Å². The zero-order chi connectivity index (χ0) is 21.5. The summed E-state index contributed by atoms with van der Waals surface area (Å²) in [6, 6.07) is 7.73. The zero-order valence-corrected chi connectivity index (χ0v) is 18.7. The summed E-state index contributed by atoms with van der Waals surface area (Å²) in [5.74, 6) is 0.776. The highest BCUT2D eigenvalue weighted by molar-refractivity contribution is 7.89. The molecule has 1 unspecified atom stereocenters. The molecule has 7 nitrogen and oxygen atoms in total. The monoisotopic (exact) mass is 456 g/mol. The summed E-state index contributed by atoms with van der Waals surface area (Å²) in [5.41, 5.74) is 0. The van der Waals surface area contributed by atoms with Crippen molar-refractivity contribution in [1.29, 1.82) is 0 Å². The molecule has 4 aliphatic rings. The normalized spacial score (nSPS) is 33.3. The molecule has 5 rings (SSSR count). The smallest absolute Gasteiger partial charge is 0.300 e. The molecule has 1 aromatic rings. The minimum atomic E-state index is -3.45. The number of fused-ring (bicyclic) bond motifs is 5. The number of ether oxygens (including phenoxy) is 1. The van der Waals surface area contributed by atoms with Crippen LogP contribution in [-0.4, -0.2) is 73.6 Å². The van der Waals surface area contributed by atoms with Gasteiger partial charge in [-0.3, -0.25) is 9.69 Å². The molecule has 0 aliphatic carbocycles. The Balaban J connectivity index is 0.000000503. The molecule has 30 heavy (non-hydrogen) atoms. The Morgan fingerprint density at radius 3 is 2.37 bits per heavy atom. The van der Waals surface area contributed by atoms with E-state index >= 15 is 0 Å². The second-order valence-electron chi connectivity index (χ2n) is 8.76. The van der Waals surface area contributed by atoms with E-state index in [4.69, 9.17) is 26.2 Å². The number of nitrogens with zero attached hydrogens (tertiary/aromatic N) is 2. The number of aliphatic carboxylic acids is 1. The Morgan fingerprint density at radius 1 is 1.20 bits per heavy atom. The summed E-state index contributed by atoms with van der Waals surface area (Å²) >= 11 is 6.01. The number of carbonyl (C=O) groups is 1. The van der Waals surface area contributed by atoms with Crippen LogP contribution in [0.1, 0.15) is 26.2 Å². The third-order valence-corrected chi connectivity index (χ3v) is 8.97. The topological polar surface area (TPSA) is 87.1 Å². The lowest BCUT2D eigenvalue weighted by molar-refractivity contribution is -0.134. The summed E-state index contributed by atoms with van der Waals surface area (Å²) in [5, 5.41) is 7.88. The zero-order valence-electron chi connectivity index (χ0n) is 17.1. The van der Waals surface area contributed by atoms with Gasteiger partial charge in [-0.15, -0.1) is 0 Å². The molecule has 0 aromatic heterocycles. The summed E-state index contributed by atoms with van der Waals surface area (Å²) < 4.78 is 33.3. The van der Waals surface area contributed by atoms with Gasteiger partial charge >= 0.3 is 0 Å². The Hall–Kier alpha value is -1.19. The predicted molar refractivity (Wildman–Crippen MR) is 113 cm³/mol. The highest BCUT2D eigenvalue weighted by Gasteiger charge is 2.58. The van der Waals surface area contributed by atoms with Gasteiger partial charge in [0.2, 0.25) is 10.0 Å². The highest BCUT2D eigenvalue weighted by atomic mass is 35.5. The second kappa shape index (κ2) is 8.74. The quantitative estimate of drug-likeness (QED) is 0.749. The van der Waals surface area contributed by atoms with Gasteiger partial charge in [0.25, 0.3) is 5.97 Å². The first-order chi connectivity index (χ1) is 14.3. The lowest BCUT2D eigenvalue weighted by Gasteiger charge is -2.28. The molecule has 4 saturated heterocycles. The SMILES string of the molecule is CC(=O)O.O=S(=O)(c1cccc(Cl)c1)N1C[C@@H]2[C@H](C1)[C@@H]1CC[C@H]2N1CC1CCOC1. The molecule has 4 heterocycles. The summed E-state index contributed by atoms with van der Waals surface area (Å²) in [4.78, 5) is 12.0. The van der Waals surface area contributed by atoms with Crippen LogP contribution in [0, 0.1) is 17.8 Å². The summed E-state index contributed by atoms with van der Waals surface area (Å²) in [6.45, 7) is 5.30. The molecule has 0 saturated carbocycles. The largest absolute Gasteiger partial charge is 0.481 e. The van der Waals surface area contributed by atoms with Crippen molar-refractivity contribution >= 4 is 27.6 Å². The summed E-state index contributed by atoms with van der Waals surface area (Å²) in [7, 11) is -3.45. The van der Waals surface area contributed by atoms with E-state index in [1.807, 2.05) is 0 Å². The maximum Gasteiger partial charge on any atom is 0.300 e. The maximum atomic E-state index is 13.0. The number of rotatable bonds is 4. The van der Waals surface area contributed by atoms with Crippen LogP contribution in [0.4, 0.5) is 0 Å². The van der Waals surface area contributed by atoms with Crippen molar-refractivity contribution < 1.29 is 23.1 Å². The molecule has 4 fully saturated rings. The van der Waals surface area contributed by atoms with Crippen molar-refractivity contribution in [3.05, 3.63) is 29.3 Å². The van der Waals surface area contributed by atoms with Crippen molar-refractivity contribution in [3.8, 4) is 0 Å². The van der Waals surface area contributed by atoms with Crippen molar-refractivity contribution in [2.24, 2.45) is 17.8 Å². The third kappa shape index (κ3) is 4.25. The Kier molecular flexibility index (Phi) is 6.42. The van der Waals surface area contributed by atoms with Crippen LogP contribution in [0.15, 0.2) is 29.2 Å². The molecule has 5 atom stereocenters. The van der Waals surface area contributed by atoms with Crippen LogP contribution in [0.5, 0.6) is 0 Å². The van der Waals surface area contributed by atoms with E-state index in [1.165, 1.54) is 19.3 Å². The van der Waals surface area contributed by atoms with Gasteiger partial charge in [-0.2, -0.15) is 4.31 Å². The maximum absolute atomic E-state index is 13.0. The number of benzene rings is 1. The first kappa shape index (κ1) is 22.0. The molecule has 1 N–H and O–H groups in total. The van der Waals surface area contributed by atoms with Gasteiger partial charge < -0.3 is 9.84 Å². The number of carboxylic acid groups (broad SMARTS) is 1. The minimum Gasteiger partial charge on any atom is -0.481 e. The lowest BCUT2D eigenvalue weighted by atomic mass is 9.82. The number of hydrogen-bond acceptors (Lipinski definition) is 5. The van der Waals surface area contributed by atoms with Crippen molar-refractivity contribution in [1.82, 2.24) is 9.21 Å². The average Bonchev–Trinajstić information content (AvgIpc) is 3.44. The molecule has 0 radical (unpaired) electrons. The van der Waals surface area contributed by atoms with Gasteiger partial charge in [0.15, 0.2) is 0 Å². The second-order valence-corrected chi connectivity index (χ2v) is 11.1. The Morgan fingerprint density at radius 2 is 1.83 bits per heavy atom. The van der Waals surface area contributed by atoms with Crippen molar-refractivity contribution in [2.45, 2.75) is 43.2 Å². The molecule has 4 aliphatic heterocycles. The standard InChI is InChI=1S/C19H25ClN2O3S.C2H4O2/c20-14-2-1-3-15(8-14)26(23,24)21-10-16-17(11-21)19-5-4-18(16)22(19)9-13-6-7-25-12-13;1-2(3)4/h1-3,8,13,16-19H,4-7,9-12H2;1H3,(H,3,4)/t13?,16-,17+,18-,19+;. The van der Waals surface area contributed by atoms with Crippen molar-refractivity contribution in [2.75, 3.05) is 32.8 Å². The van der Waals surface area contributed by atoms with Crippen LogP contribution >= 0.6 is 11.6 Å². The number of halogens is 1. The molecule has 2 bridgehead atoms. The summed E-state index contributed by atoms with van der Waals surface area (Å²) in [6.07, 6.45) is 3.59. The Bertz CT molecular complexity index is 865. The molecule has 0 amide bonds. The molecule has 166 valence electrons. The van der Waals surface area contributed by atoms with Gasteiger partial charge in [-0.25, -0.2) is 8.42 Å². The molecule has 0 spiro atoms. The Labute approximate surface area is 183 Å². The molecular formula is C21H29ClN2O5S. The van der Waals surface area contributed by atoms with Gasteiger partial charge in [0, 0.05) is 50.3 Å². The van der Waals surface area contributed by atoms with Gasteiger partial charge in [-0.05, 0) is 55.2 Å². The van der Waals surface area contributed by atoms with Crippen LogP contribution in [0.25, 0.3) is 0 Å². The van der Waals surface area contributed by atoms with E-state index in [1.54, 1.807) is 28.6 Å². The minimum absolute atomic E-state index is 0.317. The molecule has 1 aromatic carbocycles. The van der Waals surface area contributed by atoms with E-state index in [-0.39, 0.29) is 0 Å². The van der Waals surface area contributed by atoms with Crippen molar-refractivity contribution in [3.63, 3.8) is 0 Å². The predicted octanol–water partition coefficient (Wildman–Crippen LogP) is 2.55. The fourth-order valence-corrected chi connectivity index (χ4v) is 7.55. The van der Waals surface area contributed by atoms with Gasteiger partial charge in [0.05, 0.1) is 11.5 Å². The van der Waals surface area contributed by atoms with E-state index < -0.39 is 16.0 Å². The molecule has 9 heteroatoms. The van der Waals surface area contributed by atoms with E-state index in [9.17, 15) is 8.42 Å². The lowest BCUT2D eigenvalue weighted by Crippen LogP contribution is -2.40. The first-order valence-corrected chi connectivity index (χ1v) is 12.4. The van der Waals surface area contributed by atoms with Crippen LogP contribution in [-0.2, 0) is 19.6 Å². The fourth-order valence-electron chi connectivity index (χ4n) is 5.74. The van der Waals surface area contributed by atoms with E-state index in [0.717, 1.165) is 26.7 Å². The number of hydrogen-bond donors (Lipinski definition) is 1. The van der Waals surface area contributed by atoms with Gasteiger partial charge in [-0.1, -0.05) is 17.7 Å². The van der Waals surface area contributed by atoms with Crippen LogP contribution < -0.4 is 0 Å². The third-order valence-electron chi connectivity index (χ3n) is 6.90. The molecular weight excluding hydrogens is 428 g/mol. The van der Waals surface area contributed by atoms with Crippen LogP contribution in [0.3, 0.4) is 0 Å². The highest BCUT2D eigenvalue weighted by Crippen LogP contribution is 2.50. The number of carboxylic acids is 1. The van der Waals surface area contributed by atoms with Crippen LogP contribution in [0.2, 0.25) is 5.02 Å². The van der Waals surface area contributed by atoms with E-state index in [2.05, 4.69) is 4.90 Å². The fraction of sp³-hybridized carbons (Fsp3) is 0.667. The first-order valence-electron chi connectivity index (χ1n) is 10.6.